The summed E-state index contributed by atoms with van der Waals surface area (Å²) in [6, 6.07) is 20.1. The minimum Gasteiger partial charge on any atom is -0.505 e. The van der Waals surface area contributed by atoms with E-state index < -0.39 is 5.41 Å². The SMILES string of the molecule is CO/C=C/[C@H]1CC(=O)C1(c1ccccc1)c1ccccc1. The number of Topliss-reactive ketones (excluding diaryl/α,β-unsaturated/α-hetero) is 1. The third-order valence-electron chi connectivity index (χ3n) is 4.31. The molecule has 0 heterocycles. The highest BCUT2D eigenvalue weighted by molar-refractivity contribution is 6.01. The molecule has 0 radical (unpaired) electrons. The lowest BCUT2D eigenvalue weighted by molar-refractivity contribution is -0.133. The average Bonchev–Trinajstić information content (AvgIpc) is 2.54. The molecule has 21 heavy (non-hydrogen) atoms. The number of hydrogen-bond acceptors (Lipinski definition) is 2. The number of carbonyl (C=O) groups is 1. The van der Waals surface area contributed by atoms with E-state index in [-0.39, 0.29) is 11.7 Å². The van der Waals surface area contributed by atoms with Gasteiger partial charge in [0.05, 0.1) is 18.8 Å². The zero-order valence-corrected chi connectivity index (χ0v) is 12.0. The van der Waals surface area contributed by atoms with Crippen LogP contribution in [0.15, 0.2) is 73.0 Å². The molecule has 0 saturated heterocycles. The van der Waals surface area contributed by atoms with Crippen molar-refractivity contribution in [2.45, 2.75) is 11.8 Å². The summed E-state index contributed by atoms with van der Waals surface area (Å²) < 4.78 is 5.06. The van der Waals surface area contributed by atoms with E-state index in [9.17, 15) is 4.79 Å². The van der Waals surface area contributed by atoms with Gasteiger partial charge in [0.1, 0.15) is 5.78 Å². The van der Waals surface area contributed by atoms with Gasteiger partial charge in [-0.2, -0.15) is 0 Å². The fourth-order valence-electron chi connectivity index (χ4n) is 3.29. The van der Waals surface area contributed by atoms with Gasteiger partial charge in [-0.05, 0) is 17.2 Å². The molecule has 1 atom stereocenters. The number of rotatable bonds is 4. The first-order valence-electron chi connectivity index (χ1n) is 7.14. The third kappa shape index (κ3) is 2.07. The summed E-state index contributed by atoms with van der Waals surface area (Å²) in [7, 11) is 1.63. The van der Waals surface area contributed by atoms with E-state index in [2.05, 4.69) is 0 Å². The van der Waals surface area contributed by atoms with E-state index in [1.54, 1.807) is 13.4 Å². The van der Waals surface area contributed by atoms with Crippen LogP contribution in [0.1, 0.15) is 17.5 Å². The number of carbonyl (C=O) groups excluding carboxylic acids is 1. The minimum absolute atomic E-state index is 0.134. The Morgan fingerprint density at radius 2 is 1.52 bits per heavy atom. The zero-order valence-electron chi connectivity index (χ0n) is 12.0. The Bertz CT molecular complexity index is 604. The highest BCUT2D eigenvalue weighted by Crippen LogP contribution is 2.51. The van der Waals surface area contributed by atoms with Crippen LogP contribution < -0.4 is 0 Å². The molecule has 1 fully saturated rings. The van der Waals surface area contributed by atoms with Gasteiger partial charge in [-0.3, -0.25) is 4.79 Å². The predicted octanol–water partition coefficient (Wildman–Crippen LogP) is 3.72. The van der Waals surface area contributed by atoms with Crippen molar-refractivity contribution < 1.29 is 9.53 Å². The van der Waals surface area contributed by atoms with Crippen LogP contribution in [-0.2, 0) is 14.9 Å². The molecule has 2 heteroatoms. The van der Waals surface area contributed by atoms with Crippen LogP contribution in [0.5, 0.6) is 0 Å². The molecule has 2 nitrogen and oxygen atoms in total. The van der Waals surface area contributed by atoms with Gasteiger partial charge in [-0.1, -0.05) is 60.7 Å². The van der Waals surface area contributed by atoms with Gasteiger partial charge in [0, 0.05) is 12.3 Å². The van der Waals surface area contributed by atoms with Crippen LogP contribution in [-0.4, -0.2) is 12.9 Å². The van der Waals surface area contributed by atoms with Crippen LogP contribution in [0.25, 0.3) is 0 Å². The second kappa shape index (κ2) is 5.57. The molecular weight excluding hydrogens is 260 g/mol. The van der Waals surface area contributed by atoms with Crippen LogP contribution in [0.3, 0.4) is 0 Å². The second-order valence-corrected chi connectivity index (χ2v) is 5.34. The number of ketones is 1. The van der Waals surface area contributed by atoms with Gasteiger partial charge in [0.15, 0.2) is 0 Å². The molecule has 2 aromatic rings. The average molecular weight is 278 g/mol. The van der Waals surface area contributed by atoms with E-state index in [0.29, 0.717) is 6.42 Å². The summed E-state index contributed by atoms with van der Waals surface area (Å²) >= 11 is 0. The van der Waals surface area contributed by atoms with E-state index >= 15 is 0 Å². The summed E-state index contributed by atoms with van der Waals surface area (Å²) in [6.45, 7) is 0. The minimum atomic E-state index is -0.572. The Morgan fingerprint density at radius 1 is 1.00 bits per heavy atom. The Morgan fingerprint density at radius 3 is 1.95 bits per heavy atom. The molecular formula is C19H18O2. The standard InChI is InChI=1S/C19H18O2/c1-21-13-12-17-14-18(20)19(17,15-8-4-2-5-9-15)16-10-6-3-7-11-16/h2-13,17H,14H2,1H3/b13-12+/t17-/m0/s1. The lowest BCUT2D eigenvalue weighted by Gasteiger charge is -2.47. The first kappa shape index (κ1) is 13.6. The lowest BCUT2D eigenvalue weighted by atomic mass is 9.52. The van der Waals surface area contributed by atoms with Crippen LogP contribution in [0.4, 0.5) is 0 Å². The fourth-order valence-corrected chi connectivity index (χ4v) is 3.29. The second-order valence-electron chi connectivity index (χ2n) is 5.34. The molecule has 0 bridgehead atoms. The van der Waals surface area contributed by atoms with E-state index in [0.717, 1.165) is 11.1 Å². The Hall–Kier alpha value is -2.35. The molecule has 0 aromatic heterocycles. The number of methoxy groups -OCH3 is 1. The molecule has 0 N–H and O–H groups in total. The maximum atomic E-state index is 12.7. The van der Waals surface area contributed by atoms with Gasteiger partial charge in [0.25, 0.3) is 0 Å². The Labute approximate surface area is 125 Å². The topological polar surface area (TPSA) is 26.3 Å². The quantitative estimate of drug-likeness (QED) is 0.797. The highest BCUT2D eigenvalue weighted by Gasteiger charge is 2.55. The number of ether oxygens (including phenoxy) is 1. The molecule has 0 unspecified atom stereocenters. The van der Waals surface area contributed by atoms with E-state index in [4.69, 9.17) is 4.74 Å². The van der Waals surface area contributed by atoms with Crippen LogP contribution >= 0.6 is 0 Å². The zero-order chi connectivity index (χ0) is 14.7. The normalized spacial score (nSPS) is 20.2. The van der Waals surface area contributed by atoms with Crippen LogP contribution in [0, 0.1) is 5.92 Å². The van der Waals surface area contributed by atoms with Crippen molar-refractivity contribution >= 4 is 5.78 Å². The maximum Gasteiger partial charge on any atom is 0.149 e. The van der Waals surface area contributed by atoms with Gasteiger partial charge in [0.2, 0.25) is 0 Å². The summed E-state index contributed by atoms with van der Waals surface area (Å²) in [5.41, 5.74) is 1.54. The van der Waals surface area contributed by atoms with E-state index in [1.165, 1.54) is 0 Å². The predicted molar refractivity (Wildman–Crippen MR) is 82.9 cm³/mol. The van der Waals surface area contributed by atoms with Crippen molar-refractivity contribution in [1.29, 1.82) is 0 Å². The fraction of sp³-hybridized carbons (Fsp3) is 0.211. The Balaban J connectivity index is 2.16. The molecule has 1 aliphatic rings. The molecule has 106 valence electrons. The van der Waals surface area contributed by atoms with Crippen molar-refractivity contribution in [3.8, 4) is 0 Å². The van der Waals surface area contributed by atoms with Gasteiger partial charge in [-0.25, -0.2) is 0 Å². The third-order valence-corrected chi connectivity index (χ3v) is 4.31. The summed E-state index contributed by atoms with van der Waals surface area (Å²) in [5.74, 6) is 0.403. The highest BCUT2D eigenvalue weighted by atomic mass is 16.5. The molecule has 2 aromatic carbocycles. The molecule has 0 amide bonds. The van der Waals surface area contributed by atoms with Crippen molar-refractivity contribution in [2.24, 2.45) is 5.92 Å². The van der Waals surface area contributed by atoms with Gasteiger partial charge in [-0.15, -0.1) is 0 Å². The maximum absolute atomic E-state index is 12.7. The molecule has 1 saturated carbocycles. The van der Waals surface area contributed by atoms with Crippen molar-refractivity contribution in [3.05, 3.63) is 84.1 Å². The summed E-state index contributed by atoms with van der Waals surface area (Å²) in [6.07, 6.45) is 4.24. The summed E-state index contributed by atoms with van der Waals surface area (Å²) in [4.78, 5) is 12.7. The van der Waals surface area contributed by atoms with Gasteiger partial charge >= 0.3 is 0 Å². The molecule has 0 aliphatic heterocycles. The molecule has 3 rings (SSSR count). The molecule has 1 aliphatic carbocycles. The van der Waals surface area contributed by atoms with E-state index in [1.807, 2.05) is 66.7 Å². The van der Waals surface area contributed by atoms with Gasteiger partial charge < -0.3 is 4.74 Å². The lowest BCUT2D eigenvalue weighted by Crippen LogP contribution is -2.53. The van der Waals surface area contributed by atoms with Crippen LogP contribution in [0.2, 0.25) is 0 Å². The number of benzene rings is 2. The first-order valence-corrected chi connectivity index (χ1v) is 7.14. The van der Waals surface area contributed by atoms with Crippen molar-refractivity contribution in [1.82, 2.24) is 0 Å². The number of allylic oxidation sites excluding steroid dienone is 1. The monoisotopic (exact) mass is 278 g/mol. The smallest absolute Gasteiger partial charge is 0.149 e. The van der Waals surface area contributed by atoms with Crippen molar-refractivity contribution in [2.75, 3.05) is 7.11 Å². The van der Waals surface area contributed by atoms with Crippen molar-refractivity contribution in [3.63, 3.8) is 0 Å². The Kier molecular flexibility index (Phi) is 3.61. The summed E-state index contributed by atoms with van der Waals surface area (Å²) in [5, 5.41) is 0. The first-order chi connectivity index (χ1) is 10.3. The molecule has 0 spiro atoms. The number of hydrogen-bond donors (Lipinski definition) is 0. The largest absolute Gasteiger partial charge is 0.505 e.